The van der Waals surface area contributed by atoms with Crippen LogP contribution in [0.15, 0.2) is 23.3 Å². The van der Waals surface area contributed by atoms with Gasteiger partial charge in [0.1, 0.15) is 0 Å². The molecule has 0 aliphatic heterocycles. The van der Waals surface area contributed by atoms with Gasteiger partial charge in [0.2, 0.25) is 0 Å². The summed E-state index contributed by atoms with van der Waals surface area (Å²) in [4.78, 5) is 0. The first-order chi connectivity index (χ1) is 12.5. The summed E-state index contributed by atoms with van der Waals surface area (Å²) in [7, 11) is 0. The highest BCUT2D eigenvalue weighted by atomic mass is 16.3. The highest BCUT2D eigenvalue weighted by Gasteiger charge is 2.50. The summed E-state index contributed by atoms with van der Waals surface area (Å²) in [6.07, 6.45) is 22.3. The van der Waals surface area contributed by atoms with Crippen molar-refractivity contribution < 1.29 is 5.11 Å². The second-order valence-corrected chi connectivity index (χ2v) is 9.98. The maximum atomic E-state index is 9.56. The van der Waals surface area contributed by atoms with E-state index in [1.165, 1.54) is 77.0 Å². The van der Waals surface area contributed by atoms with Crippen molar-refractivity contribution in [1.29, 1.82) is 0 Å². The smallest absolute Gasteiger partial charge is 0.0512 e. The fourth-order valence-electron chi connectivity index (χ4n) is 6.55. The molecule has 0 aromatic heterocycles. The lowest BCUT2D eigenvalue weighted by molar-refractivity contribution is 0.0907. The average Bonchev–Trinajstić information content (AvgIpc) is 2.98. The third kappa shape index (κ3) is 4.64. The number of allylic oxidation sites excluding steroid dienone is 4. The van der Waals surface area contributed by atoms with E-state index >= 15 is 0 Å². The zero-order valence-electron chi connectivity index (χ0n) is 17.6. The molecule has 5 atom stereocenters. The normalized spacial score (nSPS) is 36.0. The van der Waals surface area contributed by atoms with Crippen molar-refractivity contribution in [3.8, 4) is 0 Å². The van der Waals surface area contributed by atoms with E-state index in [1.54, 1.807) is 11.1 Å². The van der Waals surface area contributed by atoms with Crippen molar-refractivity contribution >= 4 is 0 Å². The van der Waals surface area contributed by atoms with Crippen molar-refractivity contribution in [2.24, 2.45) is 23.2 Å². The van der Waals surface area contributed by atoms with Gasteiger partial charge in [0.15, 0.2) is 0 Å². The molecule has 3 rings (SSSR count). The molecule has 148 valence electrons. The number of hydrogen-bond donors (Lipinski definition) is 1. The summed E-state index contributed by atoms with van der Waals surface area (Å²) < 4.78 is 0. The van der Waals surface area contributed by atoms with Gasteiger partial charge in [-0.15, -0.1) is 0 Å². The Morgan fingerprint density at radius 2 is 1.77 bits per heavy atom. The highest BCUT2D eigenvalue weighted by molar-refractivity contribution is 5.25. The van der Waals surface area contributed by atoms with Crippen LogP contribution in [0.25, 0.3) is 0 Å². The first-order valence-electron chi connectivity index (χ1n) is 11.6. The molecule has 3 aliphatic carbocycles. The standard InChI is InChI=1S/C25H42O/c1-19(9-7-10-20(2)26)23-16-17-24-22(13-8-18-25(23,24)3)15-14-21-11-5-4-6-12-21/h14-15,19-20,23-24,26H,4-13,16-18H2,1-3H3/b22-15+/t19-,20?,23?,24?,25?/m1/s1. The summed E-state index contributed by atoms with van der Waals surface area (Å²) in [5.74, 6) is 2.52. The quantitative estimate of drug-likeness (QED) is 0.532. The second-order valence-electron chi connectivity index (χ2n) is 9.98. The number of fused-ring (bicyclic) bond motifs is 1. The predicted octanol–water partition coefficient (Wildman–Crippen LogP) is 7.21. The molecular weight excluding hydrogens is 316 g/mol. The van der Waals surface area contributed by atoms with Crippen molar-refractivity contribution in [1.82, 2.24) is 0 Å². The molecule has 0 bridgehead atoms. The van der Waals surface area contributed by atoms with Crippen molar-refractivity contribution in [3.63, 3.8) is 0 Å². The van der Waals surface area contributed by atoms with E-state index in [1.807, 2.05) is 6.92 Å². The van der Waals surface area contributed by atoms with Gasteiger partial charge >= 0.3 is 0 Å². The number of hydrogen-bond acceptors (Lipinski definition) is 1. The lowest BCUT2D eigenvalue weighted by Gasteiger charge is -2.44. The fourth-order valence-corrected chi connectivity index (χ4v) is 6.55. The summed E-state index contributed by atoms with van der Waals surface area (Å²) in [6, 6.07) is 0. The van der Waals surface area contributed by atoms with E-state index in [0.717, 1.165) is 24.2 Å². The van der Waals surface area contributed by atoms with Crippen LogP contribution >= 0.6 is 0 Å². The molecule has 0 amide bonds. The summed E-state index contributed by atoms with van der Waals surface area (Å²) >= 11 is 0. The zero-order valence-corrected chi connectivity index (χ0v) is 17.6. The Balaban J connectivity index is 1.65. The Hall–Kier alpha value is -0.560. The highest BCUT2D eigenvalue weighted by Crippen LogP contribution is 2.59. The van der Waals surface area contributed by atoms with Crippen molar-refractivity contribution in [2.45, 2.75) is 110 Å². The van der Waals surface area contributed by atoms with Gasteiger partial charge in [-0.2, -0.15) is 0 Å². The molecule has 0 radical (unpaired) electrons. The average molecular weight is 359 g/mol. The van der Waals surface area contributed by atoms with Crippen LogP contribution in [0.1, 0.15) is 104 Å². The third-order valence-electron chi connectivity index (χ3n) is 8.04. The van der Waals surface area contributed by atoms with Crippen molar-refractivity contribution in [3.05, 3.63) is 23.3 Å². The number of rotatable bonds is 6. The van der Waals surface area contributed by atoms with Gasteiger partial charge in [0, 0.05) is 0 Å². The first-order valence-corrected chi connectivity index (χ1v) is 11.6. The molecule has 0 aromatic carbocycles. The van der Waals surface area contributed by atoms with Crippen LogP contribution in [-0.4, -0.2) is 11.2 Å². The molecule has 0 saturated heterocycles. The Morgan fingerprint density at radius 1 is 1.00 bits per heavy atom. The van der Waals surface area contributed by atoms with Gasteiger partial charge in [-0.3, -0.25) is 0 Å². The maximum absolute atomic E-state index is 9.56. The minimum Gasteiger partial charge on any atom is -0.393 e. The molecule has 0 spiro atoms. The number of aliphatic hydroxyl groups excluding tert-OH is 1. The SMILES string of the molecule is CC(O)CCC[C@@H](C)C1CCC2/C(=C/C=C3CCCCC3)CCCC21C. The monoisotopic (exact) mass is 358 g/mol. The topological polar surface area (TPSA) is 20.2 Å². The van der Waals surface area contributed by atoms with Crippen LogP contribution in [-0.2, 0) is 0 Å². The Bertz CT molecular complexity index is 506. The number of aliphatic hydroxyl groups is 1. The molecule has 1 nitrogen and oxygen atoms in total. The van der Waals surface area contributed by atoms with E-state index in [9.17, 15) is 5.11 Å². The van der Waals surface area contributed by atoms with Gasteiger partial charge in [0.25, 0.3) is 0 Å². The van der Waals surface area contributed by atoms with Crippen LogP contribution in [0.5, 0.6) is 0 Å². The first kappa shape index (κ1) is 20.2. The molecule has 1 N–H and O–H groups in total. The Kier molecular flexibility index (Phi) is 7.05. The molecule has 3 fully saturated rings. The van der Waals surface area contributed by atoms with E-state index in [0.29, 0.717) is 5.41 Å². The van der Waals surface area contributed by atoms with Crippen molar-refractivity contribution in [2.75, 3.05) is 0 Å². The van der Waals surface area contributed by atoms with Gasteiger partial charge < -0.3 is 5.11 Å². The molecule has 3 aliphatic rings. The Labute approximate surface area is 162 Å². The van der Waals surface area contributed by atoms with E-state index in [-0.39, 0.29) is 6.10 Å². The van der Waals surface area contributed by atoms with Gasteiger partial charge in [-0.25, -0.2) is 0 Å². The molecule has 3 saturated carbocycles. The lowest BCUT2D eigenvalue weighted by atomic mass is 9.60. The minimum atomic E-state index is -0.133. The zero-order chi connectivity index (χ0) is 18.6. The van der Waals surface area contributed by atoms with E-state index in [2.05, 4.69) is 26.0 Å². The third-order valence-corrected chi connectivity index (χ3v) is 8.04. The minimum absolute atomic E-state index is 0.133. The molecule has 0 heterocycles. The van der Waals surface area contributed by atoms with Gasteiger partial charge in [-0.05, 0) is 94.3 Å². The maximum Gasteiger partial charge on any atom is 0.0512 e. The van der Waals surface area contributed by atoms with Gasteiger partial charge in [-0.1, -0.05) is 56.4 Å². The summed E-state index contributed by atoms with van der Waals surface area (Å²) in [6.45, 7) is 7.03. The molecule has 4 unspecified atom stereocenters. The van der Waals surface area contributed by atoms with E-state index in [4.69, 9.17) is 0 Å². The van der Waals surface area contributed by atoms with Crippen LogP contribution in [0, 0.1) is 23.2 Å². The van der Waals surface area contributed by atoms with E-state index < -0.39 is 0 Å². The molecule has 0 aromatic rings. The van der Waals surface area contributed by atoms with Gasteiger partial charge in [0.05, 0.1) is 6.10 Å². The van der Waals surface area contributed by atoms with Crippen LogP contribution in [0.2, 0.25) is 0 Å². The fraction of sp³-hybridized carbons (Fsp3) is 0.840. The summed E-state index contributed by atoms with van der Waals surface area (Å²) in [5.41, 5.74) is 4.01. The molecule has 1 heteroatoms. The lowest BCUT2D eigenvalue weighted by Crippen LogP contribution is -2.36. The van der Waals surface area contributed by atoms with Crippen LogP contribution in [0.4, 0.5) is 0 Å². The molecular formula is C25H42O. The van der Waals surface area contributed by atoms with Crippen LogP contribution < -0.4 is 0 Å². The second kappa shape index (κ2) is 9.09. The Morgan fingerprint density at radius 3 is 2.50 bits per heavy atom. The van der Waals surface area contributed by atoms with Crippen LogP contribution in [0.3, 0.4) is 0 Å². The predicted molar refractivity (Wildman–Crippen MR) is 112 cm³/mol. The largest absolute Gasteiger partial charge is 0.393 e. The summed E-state index contributed by atoms with van der Waals surface area (Å²) in [5, 5.41) is 9.56. The molecule has 26 heavy (non-hydrogen) atoms.